The lowest BCUT2D eigenvalue weighted by molar-refractivity contribution is 0.482. The van der Waals surface area contributed by atoms with Gasteiger partial charge in [-0.1, -0.05) is 27.2 Å². The number of hydrogen-bond donors (Lipinski definition) is 1. The molecule has 0 amide bonds. The number of hydrogen-bond acceptors (Lipinski definition) is 3. The number of halogens is 1. The van der Waals surface area contributed by atoms with Gasteiger partial charge in [-0.25, -0.2) is 9.97 Å². The average molecular weight is 256 g/mol. The van der Waals surface area contributed by atoms with Crippen LogP contribution in [0.3, 0.4) is 0 Å². The highest BCUT2D eigenvalue weighted by atomic mass is 35.5. The van der Waals surface area contributed by atoms with Crippen molar-refractivity contribution in [1.82, 2.24) is 9.97 Å². The lowest BCUT2D eigenvalue weighted by atomic mass is 9.95. The Kier molecular flexibility index (Phi) is 5.69. The SMILES string of the molecule is CCCc1cc(NC(CC)(CC)CCl)ncn1. The first kappa shape index (κ1) is 14.2. The fourth-order valence-corrected chi connectivity index (χ4v) is 2.22. The molecule has 96 valence electrons. The second-order valence-corrected chi connectivity index (χ2v) is 4.66. The fraction of sp³-hybridized carbons (Fsp3) is 0.692. The molecule has 0 atom stereocenters. The van der Waals surface area contributed by atoms with Crippen molar-refractivity contribution in [2.24, 2.45) is 0 Å². The van der Waals surface area contributed by atoms with Crippen LogP contribution in [0.5, 0.6) is 0 Å². The third-order valence-corrected chi connectivity index (χ3v) is 3.74. The first-order valence-corrected chi connectivity index (χ1v) is 6.88. The Labute approximate surface area is 109 Å². The number of nitrogens with one attached hydrogen (secondary N) is 1. The molecular formula is C13H22ClN3. The van der Waals surface area contributed by atoms with Crippen LogP contribution in [0.15, 0.2) is 12.4 Å². The van der Waals surface area contributed by atoms with E-state index >= 15 is 0 Å². The van der Waals surface area contributed by atoms with E-state index in [2.05, 4.69) is 36.1 Å². The van der Waals surface area contributed by atoms with Crippen LogP contribution in [0.25, 0.3) is 0 Å². The number of nitrogens with zero attached hydrogens (tertiary/aromatic N) is 2. The number of aromatic nitrogens is 2. The molecule has 0 fully saturated rings. The minimum atomic E-state index is -0.0562. The van der Waals surface area contributed by atoms with Gasteiger partial charge in [0.2, 0.25) is 0 Å². The summed E-state index contributed by atoms with van der Waals surface area (Å²) in [6.07, 6.45) is 5.68. The Bertz CT molecular complexity index is 329. The van der Waals surface area contributed by atoms with Gasteiger partial charge in [0.05, 0.1) is 5.54 Å². The zero-order valence-electron chi connectivity index (χ0n) is 11.0. The minimum Gasteiger partial charge on any atom is -0.363 e. The third-order valence-electron chi connectivity index (χ3n) is 3.23. The predicted molar refractivity (Wildman–Crippen MR) is 73.7 cm³/mol. The maximum Gasteiger partial charge on any atom is 0.130 e. The van der Waals surface area contributed by atoms with Gasteiger partial charge in [0.1, 0.15) is 12.1 Å². The Morgan fingerprint density at radius 2 is 1.94 bits per heavy atom. The van der Waals surface area contributed by atoms with E-state index in [9.17, 15) is 0 Å². The summed E-state index contributed by atoms with van der Waals surface area (Å²) in [6.45, 7) is 6.44. The van der Waals surface area contributed by atoms with Gasteiger partial charge >= 0.3 is 0 Å². The van der Waals surface area contributed by atoms with Crippen LogP contribution >= 0.6 is 11.6 Å². The van der Waals surface area contributed by atoms with Crippen LogP contribution in [-0.2, 0) is 6.42 Å². The standard InChI is InChI=1S/C13H22ClN3/c1-4-7-11-8-12(16-10-15-11)17-13(5-2,6-3)9-14/h8,10H,4-7,9H2,1-3H3,(H,15,16,17). The summed E-state index contributed by atoms with van der Waals surface area (Å²) in [4.78, 5) is 8.52. The van der Waals surface area contributed by atoms with Crippen molar-refractivity contribution in [3.8, 4) is 0 Å². The molecule has 0 aliphatic heterocycles. The monoisotopic (exact) mass is 255 g/mol. The van der Waals surface area contributed by atoms with Gasteiger partial charge in [-0.3, -0.25) is 0 Å². The van der Waals surface area contributed by atoms with Crippen LogP contribution in [0, 0.1) is 0 Å². The highest BCUT2D eigenvalue weighted by molar-refractivity contribution is 6.18. The van der Waals surface area contributed by atoms with Gasteiger partial charge in [-0.05, 0) is 19.3 Å². The predicted octanol–water partition coefficient (Wildman–Crippen LogP) is 3.64. The Morgan fingerprint density at radius 1 is 1.24 bits per heavy atom. The van der Waals surface area contributed by atoms with Gasteiger partial charge in [0.25, 0.3) is 0 Å². The number of alkyl halides is 1. The highest BCUT2D eigenvalue weighted by Gasteiger charge is 2.25. The van der Waals surface area contributed by atoms with Gasteiger partial charge in [-0.2, -0.15) is 0 Å². The molecule has 1 aromatic rings. The van der Waals surface area contributed by atoms with Gasteiger partial charge in [0, 0.05) is 17.6 Å². The summed E-state index contributed by atoms with van der Waals surface area (Å²) in [5, 5.41) is 3.46. The van der Waals surface area contributed by atoms with Crippen LogP contribution in [-0.4, -0.2) is 21.4 Å². The van der Waals surface area contributed by atoms with Crippen LogP contribution in [0.1, 0.15) is 45.7 Å². The van der Waals surface area contributed by atoms with Gasteiger partial charge < -0.3 is 5.32 Å². The van der Waals surface area contributed by atoms with E-state index in [1.54, 1.807) is 6.33 Å². The van der Waals surface area contributed by atoms with Crippen molar-refractivity contribution in [2.45, 2.75) is 52.0 Å². The molecule has 4 heteroatoms. The molecule has 17 heavy (non-hydrogen) atoms. The summed E-state index contributed by atoms with van der Waals surface area (Å²) in [5.41, 5.74) is 1.03. The Morgan fingerprint density at radius 3 is 2.47 bits per heavy atom. The molecule has 0 unspecified atom stereocenters. The largest absolute Gasteiger partial charge is 0.363 e. The van der Waals surface area contributed by atoms with Crippen molar-refractivity contribution in [3.05, 3.63) is 18.1 Å². The van der Waals surface area contributed by atoms with E-state index in [0.29, 0.717) is 5.88 Å². The summed E-state index contributed by atoms with van der Waals surface area (Å²) in [5.74, 6) is 1.47. The van der Waals surface area contributed by atoms with Crippen molar-refractivity contribution in [2.75, 3.05) is 11.2 Å². The molecule has 0 aromatic carbocycles. The molecule has 1 N–H and O–H groups in total. The van der Waals surface area contributed by atoms with Crippen molar-refractivity contribution >= 4 is 17.4 Å². The lowest BCUT2D eigenvalue weighted by Gasteiger charge is -2.31. The van der Waals surface area contributed by atoms with Crippen LogP contribution in [0.4, 0.5) is 5.82 Å². The molecule has 0 aliphatic rings. The quantitative estimate of drug-likeness (QED) is 0.756. The van der Waals surface area contributed by atoms with E-state index in [-0.39, 0.29) is 5.54 Å². The molecule has 0 saturated heterocycles. The molecular weight excluding hydrogens is 234 g/mol. The van der Waals surface area contributed by atoms with E-state index < -0.39 is 0 Å². The molecule has 0 spiro atoms. The summed E-state index contributed by atoms with van der Waals surface area (Å²) < 4.78 is 0. The van der Waals surface area contributed by atoms with Gasteiger partial charge in [0.15, 0.2) is 0 Å². The molecule has 1 rings (SSSR count). The van der Waals surface area contributed by atoms with Crippen LogP contribution in [0.2, 0.25) is 0 Å². The molecule has 0 saturated carbocycles. The third kappa shape index (κ3) is 3.84. The molecule has 1 heterocycles. The van der Waals surface area contributed by atoms with E-state index in [1.165, 1.54) is 0 Å². The van der Waals surface area contributed by atoms with E-state index in [0.717, 1.165) is 37.2 Å². The lowest BCUT2D eigenvalue weighted by Crippen LogP contribution is -2.39. The normalized spacial score (nSPS) is 11.5. The maximum absolute atomic E-state index is 6.07. The zero-order chi connectivity index (χ0) is 12.7. The average Bonchev–Trinajstić information content (AvgIpc) is 2.37. The van der Waals surface area contributed by atoms with Gasteiger partial charge in [-0.15, -0.1) is 11.6 Å². The molecule has 3 nitrogen and oxygen atoms in total. The fourth-order valence-electron chi connectivity index (χ4n) is 1.78. The van der Waals surface area contributed by atoms with Crippen LogP contribution < -0.4 is 5.32 Å². The highest BCUT2D eigenvalue weighted by Crippen LogP contribution is 2.22. The maximum atomic E-state index is 6.07. The van der Waals surface area contributed by atoms with E-state index in [4.69, 9.17) is 11.6 Å². The smallest absolute Gasteiger partial charge is 0.130 e. The topological polar surface area (TPSA) is 37.8 Å². The number of anilines is 1. The number of rotatable bonds is 7. The summed E-state index contributed by atoms with van der Waals surface area (Å²) >= 11 is 6.07. The van der Waals surface area contributed by atoms with Crippen molar-refractivity contribution in [3.63, 3.8) is 0 Å². The zero-order valence-corrected chi connectivity index (χ0v) is 11.7. The number of aryl methyl sites for hydroxylation is 1. The molecule has 0 aliphatic carbocycles. The Hall–Kier alpha value is -0.830. The summed E-state index contributed by atoms with van der Waals surface area (Å²) in [7, 11) is 0. The second-order valence-electron chi connectivity index (χ2n) is 4.39. The first-order valence-electron chi connectivity index (χ1n) is 6.34. The summed E-state index contributed by atoms with van der Waals surface area (Å²) in [6, 6.07) is 2.02. The molecule has 0 bridgehead atoms. The second kappa shape index (κ2) is 6.80. The van der Waals surface area contributed by atoms with Crippen molar-refractivity contribution in [1.29, 1.82) is 0 Å². The minimum absolute atomic E-state index is 0.0562. The Balaban J connectivity index is 2.82. The molecule has 1 aromatic heterocycles. The first-order chi connectivity index (χ1) is 8.19. The molecule has 0 radical (unpaired) electrons. The van der Waals surface area contributed by atoms with E-state index in [1.807, 2.05) is 6.07 Å². The van der Waals surface area contributed by atoms with Crippen molar-refractivity contribution < 1.29 is 0 Å².